The normalized spacial score (nSPS) is 11.9. The third-order valence-corrected chi connectivity index (χ3v) is 3.88. The molecule has 2 N–H and O–H groups in total. The molecule has 19 heavy (non-hydrogen) atoms. The molecule has 0 aliphatic rings. The van der Waals surface area contributed by atoms with Crippen molar-refractivity contribution in [1.29, 1.82) is 0 Å². The third-order valence-electron chi connectivity index (χ3n) is 3.88. The van der Waals surface area contributed by atoms with Gasteiger partial charge in [0.2, 0.25) is 0 Å². The molecule has 0 aliphatic carbocycles. The lowest BCUT2D eigenvalue weighted by atomic mass is 10.0. The molecule has 0 saturated carbocycles. The first-order valence-electron chi connectivity index (χ1n) is 7.33. The molecule has 0 amide bonds. The molecular formula is C16H25N3. The second kappa shape index (κ2) is 5.74. The fourth-order valence-electron chi connectivity index (χ4n) is 2.77. The summed E-state index contributed by atoms with van der Waals surface area (Å²) in [6.07, 6.45) is 2.27. The topological polar surface area (TPSA) is 43.8 Å². The van der Waals surface area contributed by atoms with Gasteiger partial charge in [-0.1, -0.05) is 19.9 Å². The Bertz CT molecular complexity index is 550. The molecule has 2 rings (SSSR count). The number of nitrogens with zero attached hydrogens (tertiary/aromatic N) is 2. The van der Waals surface area contributed by atoms with Crippen molar-refractivity contribution in [2.75, 3.05) is 0 Å². The second-order valence-corrected chi connectivity index (χ2v) is 5.47. The lowest BCUT2D eigenvalue weighted by Crippen LogP contribution is -2.10. The van der Waals surface area contributed by atoms with Crippen molar-refractivity contribution in [3.05, 3.63) is 29.6 Å². The summed E-state index contributed by atoms with van der Waals surface area (Å²) in [6.45, 7) is 9.51. The number of fused-ring (bicyclic) bond motifs is 1. The highest BCUT2D eigenvalue weighted by Crippen LogP contribution is 2.30. The van der Waals surface area contributed by atoms with Crippen molar-refractivity contribution in [1.82, 2.24) is 9.55 Å². The molecule has 0 spiro atoms. The van der Waals surface area contributed by atoms with Gasteiger partial charge in [-0.3, -0.25) is 0 Å². The lowest BCUT2D eigenvalue weighted by Gasteiger charge is -2.18. The van der Waals surface area contributed by atoms with Crippen molar-refractivity contribution >= 4 is 11.0 Å². The van der Waals surface area contributed by atoms with Gasteiger partial charge < -0.3 is 10.3 Å². The van der Waals surface area contributed by atoms with Gasteiger partial charge in [0.15, 0.2) is 0 Å². The van der Waals surface area contributed by atoms with Crippen molar-refractivity contribution in [3.8, 4) is 0 Å². The Morgan fingerprint density at radius 2 is 1.89 bits per heavy atom. The average molecular weight is 259 g/mol. The first kappa shape index (κ1) is 14.1. The Balaban J connectivity index is 2.65. The number of hydrogen-bond donors (Lipinski definition) is 1. The van der Waals surface area contributed by atoms with Crippen LogP contribution in [-0.4, -0.2) is 9.55 Å². The van der Waals surface area contributed by atoms with E-state index in [0.29, 0.717) is 18.5 Å². The van der Waals surface area contributed by atoms with Crippen molar-refractivity contribution in [2.24, 2.45) is 5.73 Å². The van der Waals surface area contributed by atoms with Crippen LogP contribution in [0.2, 0.25) is 0 Å². The van der Waals surface area contributed by atoms with E-state index in [9.17, 15) is 0 Å². The minimum Gasteiger partial charge on any atom is -0.326 e. The molecule has 0 fully saturated rings. The van der Waals surface area contributed by atoms with Gasteiger partial charge in [-0.2, -0.15) is 0 Å². The lowest BCUT2D eigenvalue weighted by molar-refractivity contribution is 0.517. The van der Waals surface area contributed by atoms with Gasteiger partial charge in [-0.15, -0.1) is 0 Å². The Labute approximate surface area is 115 Å². The highest BCUT2D eigenvalue weighted by molar-refractivity contribution is 5.77. The Kier molecular flexibility index (Phi) is 4.25. The quantitative estimate of drug-likeness (QED) is 0.882. The standard InChI is InChI=1S/C16H25N3/c1-5-13(6-2)16-18-14-9-12(10-17)7-8-15(14)19(16)11(3)4/h7-9,11,13H,5-6,10,17H2,1-4H3. The van der Waals surface area contributed by atoms with Crippen molar-refractivity contribution in [2.45, 2.75) is 59.0 Å². The van der Waals surface area contributed by atoms with Crippen LogP contribution in [0.25, 0.3) is 11.0 Å². The van der Waals surface area contributed by atoms with Crippen LogP contribution < -0.4 is 5.73 Å². The molecule has 3 nitrogen and oxygen atoms in total. The summed E-state index contributed by atoms with van der Waals surface area (Å²) in [5.74, 6) is 1.76. The molecule has 0 bridgehead atoms. The number of benzene rings is 1. The Morgan fingerprint density at radius 3 is 2.42 bits per heavy atom. The molecule has 1 heterocycles. The van der Waals surface area contributed by atoms with Crippen LogP contribution in [0.5, 0.6) is 0 Å². The van der Waals surface area contributed by atoms with Gasteiger partial charge in [0.25, 0.3) is 0 Å². The fraction of sp³-hybridized carbons (Fsp3) is 0.562. The summed E-state index contributed by atoms with van der Waals surface area (Å²) < 4.78 is 2.38. The van der Waals surface area contributed by atoms with Crippen LogP contribution in [0, 0.1) is 0 Å². The Morgan fingerprint density at radius 1 is 1.21 bits per heavy atom. The van der Waals surface area contributed by atoms with Crippen LogP contribution in [0.1, 0.15) is 63.9 Å². The van der Waals surface area contributed by atoms with E-state index < -0.39 is 0 Å². The minimum atomic E-state index is 0.435. The number of aromatic nitrogens is 2. The van der Waals surface area contributed by atoms with E-state index in [1.54, 1.807) is 0 Å². The maximum atomic E-state index is 5.72. The molecule has 0 atom stereocenters. The molecule has 0 aliphatic heterocycles. The summed E-state index contributed by atoms with van der Waals surface area (Å²) in [5, 5.41) is 0. The smallest absolute Gasteiger partial charge is 0.113 e. The zero-order valence-corrected chi connectivity index (χ0v) is 12.5. The maximum absolute atomic E-state index is 5.72. The van der Waals surface area contributed by atoms with Gasteiger partial charge in [0.1, 0.15) is 5.82 Å². The highest BCUT2D eigenvalue weighted by atomic mass is 15.1. The first-order valence-corrected chi connectivity index (χ1v) is 7.33. The van der Waals surface area contributed by atoms with Crippen LogP contribution in [-0.2, 0) is 6.54 Å². The zero-order valence-electron chi connectivity index (χ0n) is 12.5. The van der Waals surface area contributed by atoms with E-state index in [4.69, 9.17) is 10.7 Å². The van der Waals surface area contributed by atoms with Gasteiger partial charge in [-0.25, -0.2) is 4.98 Å². The predicted molar refractivity (Wildman–Crippen MR) is 81.3 cm³/mol. The molecule has 1 aromatic heterocycles. The van der Waals surface area contributed by atoms with Crippen LogP contribution >= 0.6 is 0 Å². The third kappa shape index (κ3) is 2.52. The molecule has 0 saturated heterocycles. The first-order chi connectivity index (χ1) is 9.12. The van der Waals surface area contributed by atoms with Crippen LogP contribution in [0.3, 0.4) is 0 Å². The second-order valence-electron chi connectivity index (χ2n) is 5.47. The van der Waals surface area contributed by atoms with E-state index in [0.717, 1.165) is 23.9 Å². The number of rotatable bonds is 5. The summed E-state index contributed by atoms with van der Waals surface area (Å²) in [5.41, 5.74) is 9.19. The molecule has 3 heteroatoms. The van der Waals surface area contributed by atoms with Gasteiger partial charge >= 0.3 is 0 Å². The molecule has 0 radical (unpaired) electrons. The summed E-state index contributed by atoms with van der Waals surface area (Å²) in [4.78, 5) is 4.89. The summed E-state index contributed by atoms with van der Waals surface area (Å²) >= 11 is 0. The number of hydrogen-bond acceptors (Lipinski definition) is 2. The zero-order chi connectivity index (χ0) is 14.0. The van der Waals surface area contributed by atoms with Crippen molar-refractivity contribution in [3.63, 3.8) is 0 Å². The molecule has 104 valence electrons. The minimum absolute atomic E-state index is 0.435. The summed E-state index contributed by atoms with van der Waals surface area (Å²) in [6, 6.07) is 6.83. The predicted octanol–water partition coefficient (Wildman–Crippen LogP) is 3.98. The summed E-state index contributed by atoms with van der Waals surface area (Å²) in [7, 11) is 0. The fourth-order valence-corrected chi connectivity index (χ4v) is 2.77. The van der Waals surface area contributed by atoms with Gasteiger partial charge in [0.05, 0.1) is 11.0 Å². The van der Waals surface area contributed by atoms with E-state index in [1.807, 2.05) is 0 Å². The van der Waals surface area contributed by atoms with Gasteiger partial charge in [0, 0.05) is 18.5 Å². The molecule has 2 aromatic rings. The number of imidazole rings is 1. The molecule has 0 unspecified atom stereocenters. The van der Waals surface area contributed by atoms with Crippen LogP contribution in [0.4, 0.5) is 0 Å². The largest absolute Gasteiger partial charge is 0.326 e. The van der Waals surface area contributed by atoms with Crippen molar-refractivity contribution < 1.29 is 0 Å². The van der Waals surface area contributed by atoms with E-state index in [-0.39, 0.29) is 0 Å². The highest BCUT2D eigenvalue weighted by Gasteiger charge is 2.19. The van der Waals surface area contributed by atoms with E-state index in [1.165, 1.54) is 11.3 Å². The maximum Gasteiger partial charge on any atom is 0.113 e. The Hall–Kier alpha value is -1.35. The number of nitrogens with two attached hydrogens (primary N) is 1. The molecule has 1 aromatic carbocycles. The van der Waals surface area contributed by atoms with E-state index >= 15 is 0 Å². The SMILES string of the molecule is CCC(CC)c1nc2cc(CN)ccc2n1C(C)C. The average Bonchev–Trinajstić information content (AvgIpc) is 2.78. The monoisotopic (exact) mass is 259 g/mol. The van der Waals surface area contributed by atoms with E-state index in [2.05, 4.69) is 50.5 Å². The van der Waals surface area contributed by atoms with Gasteiger partial charge in [-0.05, 0) is 44.4 Å². The molecular weight excluding hydrogens is 234 g/mol. The van der Waals surface area contributed by atoms with Crippen LogP contribution in [0.15, 0.2) is 18.2 Å².